The highest BCUT2D eigenvalue weighted by atomic mass is 19.1. The number of fused-ring (bicyclic) bond motifs is 1. The van der Waals surface area contributed by atoms with Crippen LogP contribution in [0.25, 0.3) is 10.9 Å². The normalized spacial score (nSPS) is 10.7. The minimum atomic E-state index is -0.359. The lowest BCUT2D eigenvalue weighted by atomic mass is 10.2. The molecule has 2 aromatic rings. The molecule has 124 valence electrons. The average molecular weight is 319 g/mol. The molecule has 0 saturated heterocycles. The van der Waals surface area contributed by atoms with Crippen molar-refractivity contribution in [1.82, 2.24) is 15.2 Å². The summed E-state index contributed by atoms with van der Waals surface area (Å²) in [4.78, 5) is 28.6. The van der Waals surface area contributed by atoms with Gasteiger partial charge in [-0.3, -0.25) is 9.59 Å². The largest absolute Gasteiger partial charge is 0.351 e. The van der Waals surface area contributed by atoms with Crippen molar-refractivity contribution in [3.8, 4) is 0 Å². The van der Waals surface area contributed by atoms with Crippen LogP contribution in [0.15, 0.2) is 24.3 Å². The summed E-state index contributed by atoms with van der Waals surface area (Å²) in [5, 5.41) is 3.14. The average Bonchev–Trinajstić information content (AvgIpc) is 2.98. The number of hydrogen-bond acceptors (Lipinski definition) is 2. The SMILES string of the molecule is CCN(CC)C(=O)CCCNC(=O)c1cc2c(F)cccc2[nH]1. The number of nitrogens with zero attached hydrogens (tertiary/aromatic N) is 1. The molecule has 1 aromatic heterocycles. The number of carbonyl (C=O) groups is 2. The zero-order chi connectivity index (χ0) is 16.8. The van der Waals surface area contributed by atoms with Crippen LogP contribution in [0.1, 0.15) is 37.2 Å². The van der Waals surface area contributed by atoms with Crippen LogP contribution in [-0.4, -0.2) is 41.3 Å². The summed E-state index contributed by atoms with van der Waals surface area (Å²) in [7, 11) is 0. The fraction of sp³-hybridized carbons (Fsp3) is 0.412. The first-order valence-corrected chi connectivity index (χ1v) is 7.90. The van der Waals surface area contributed by atoms with Crippen LogP contribution in [0.3, 0.4) is 0 Å². The Hall–Kier alpha value is -2.37. The van der Waals surface area contributed by atoms with Crippen molar-refractivity contribution in [2.24, 2.45) is 0 Å². The molecule has 5 nitrogen and oxygen atoms in total. The van der Waals surface area contributed by atoms with Gasteiger partial charge in [0.05, 0.1) is 0 Å². The Morgan fingerprint density at radius 2 is 2.00 bits per heavy atom. The fourth-order valence-electron chi connectivity index (χ4n) is 2.51. The molecule has 1 aromatic carbocycles. The van der Waals surface area contributed by atoms with E-state index in [9.17, 15) is 14.0 Å². The summed E-state index contributed by atoms with van der Waals surface area (Å²) < 4.78 is 13.6. The van der Waals surface area contributed by atoms with Crippen molar-refractivity contribution in [3.63, 3.8) is 0 Å². The molecular formula is C17H22FN3O2. The van der Waals surface area contributed by atoms with Gasteiger partial charge in [-0.15, -0.1) is 0 Å². The van der Waals surface area contributed by atoms with Crippen molar-refractivity contribution in [3.05, 3.63) is 35.8 Å². The van der Waals surface area contributed by atoms with Crippen LogP contribution < -0.4 is 5.32 Å². The second kappa shape index (κ2) is 7.76. The molecule has 0 aliphatic heterocycles. The van der Waals surface area contributed by atoms with Crippen LogP contribution >= 0.6 is 0 Å². The molecule has 0 unspecified atom stereocenters. The van der Waals surface area contributed by atoms with E-state index in [2.05, 4.69) is 10.3 Å². The summed E-state index contributed by atoms with van der Waals surface area (Å²) in [5.74, 6) is -0.560. The summed E-state index contributed by atoms with van der Waals surface area (Å²) in [6, 6.07) is 6.17. The summed E-state index contributed by atoms with van der Waals surface area (Å²) in [6.07, 6.45) is 0.985. The highest BCUT2D eigenvalue weighted by molar-refractivity contribution is 5.98. The molecule has 2 rings (SSSR count). The van der Waals surface area contributed by atoms with E-state index in [0.29, 0.717) is 49.1 Å². The molecule has 0 atom stereocenters. The highest BCUT2D eigenvalue weighted by Gasteiger charge is 2.12. The smallest absolute Gasteiger partial charge is 0.267 e. The first-order chi connectivity index (χ1) is 11.1. The molecule has 2 amide bonds. The lowest BCUT2D eigenvalue weighted by Gasteiger charge is -2.18. The van der Waals surface area contributed by atoms with Crippen LogP contribution in [0, 0.1) is 5.82 Å². The van der Waals surface area contributed by atoms with E-state index < -0.39 is 0 Å². The molecule has 1 heterocycles. The van der Waals surface area contributed by atoms with Crippen molar-refractivity contribution in [1.29, 1.82) is 0 Å². The molecule has 0 spiro atoms. The molecule has 23 heavy (non-hydrogen) atoms. The molecule has 0 fully saturated rings. The Balaban J connectivity index is 1.85. The summed E-state index contributed by atoms with van der Waals surface area (Å²) in [6.45, 7) is 5.69. The van der Waals surface area contributed by atoms with E-state index in [4.69, 9.17) is 0 Å². The van der Waals surface area contributed by atoms with Gasteiger partial charge in [0.1, 0.15) is 11.5 Å². The Morgan fingerprint density at radius 1 is 1.26 bits per heavy atom. The van der Waals surface area contributed by atoms with E-state index in [-0.39, 0.29) is 17.6 Å². The van der Waals surface area contributed by atoms with Crippen molar-refractivity contribution >= 4 is 22.7 Å². The number of hydrogen-bond donors (Lipinski definition) is 2. The lowest BCUT2D eigenvalue weighted by molar-refractivity contribution is -0.130. The zero-order valence-corrected chi connectivity index (χ0v) is 13.5. The van der Waals surface area contributed by atoms with Gasteiger partial charge in [0, 0.05) is 37.0 Å². The summed E-state index contributed by atoms with van der Waals surface area (Å²) >= 11 is 0. The zero-order valence-electron chi connectivity index (χ0n) is 13.5. The van der Waals surface area contributed by atoms with Crippen LogP contribution in [0.5, 0.6) is 0 Å². The second-order valence-corrected chi connectivity index (χ2v) is 5.31. The van der Waals surface area contributed by atoms with E-state index in [0.717, 1.165) is 0 Å². The van der Waals surface area contributed by atoms with E-state index in [1.807, 2.05) is 13.8 Å². The molecule has 6 heteroatoms. The van der Waals surface area contributed by atoms with Crippen LogP contribution in [0.4, 0.5) is 4.39 Å². The molecule has 0 aliphatic rings. The van der Waals surface area contributed by atoms with Gasteiger partial charge >= 0.3 is 0 Å². The Morgan fingerprint density at radius 3 is 2.65 bits per heavy atom. The third kappa shape index (κ3) is 4.09. The number of H-pyrrole nitrogens is 1. The molecule has 2 N–H and O–H groups in total. The molecular weight excluding hydrogens is 297 g/mol. The number of rotatable bonds is 7. The lowest BCUT2D eigenvalue weighted by Crippen LogP contribution is -2.31. The maximum Gasteiger partial charge on any atom is 0.267 e. The van der Waals surface area contributed by atoms with Gasteiger partial charge in [-0.2, -0.15) is 0 Å². The van der Waals surface area contributed by atoms with Crippen LogP contribution in [-0.2, 0) is 4.79 Å². The predicted molar refractivity (Wildman–Crippen MR) is 87.8 cm³/mol. The Kier molecular flexibility index (Phi) is 5.73. The van der Waals surface area contributed by atoms with Crippen molar-refractivity contribution in [2.45, 2.75) is 26.7 Å². The van der Waals surface area contributed by atoms with Gasteiger partial charge in [0.25, 0.3) is 5.91 Å². The Labute approximate surface area is 134 Å². The van der Waals surface area contributed by atoms with Gasteiger partial charge in [-0.1, -0.05) is 6.07 Å². The van der Waals surface area contributed by atoms with E-state index >= 15 is 0 Å². The van der Waals surface area contributed by atoms with Crippen LogP contribution in [0.2, 0.25) is 0 Å². The van der Waals surface area contributed by atoms with Gasteiger partial charge < -0.3 is 15.2 Å². The number of halogens is 1. The topological polar surface area (TPSA) is 65.2 Å². The minimum absolute atomic E-state index is 0.0944. The van der Waals surface area contributed by atoms with Gasteiger partial charge in [-0.05, 0) is 38.5 Å². The third-order valence-electron chi connectivity index (χ3n) is 3.82. The predicted octanol–water partition coefficient (Wildman–Crippen LogP) is 2.69. The molecule has 0 bridgehead atoms. The first kappa shape index (κ1) is 17.0. The minimum Gasteiger partial charge on any atom is -0.351 e. The highest BCUT2D eigenvalue weighted by Crippen LogP contribution is 2.18. The van der Waals surface area contributed by atoms with Gasteiger partial charge in [0.2, 0.25) is 5.91 Å². The number of aromatic nitrogens is 1. The number of aromatic amines is 1. The fourth-order valence-corrected chi connectivity index (χ4v) is 2.51. The second-order valence-electron chi connectivity index (χ2n) is 5.31. The molecule has 0 aliphatic carbocycles. The maximum atomic E-state index is 13.6. The monoisotopic (exact) mass is 319 g/mol. The first-order valence-electron chi connectivity index (χ1n) is 7.90. The number of carbonyl (C=O) groups excluding carboxylic acids is 2. The quantitative estimate of drug-likeness (QED) is 0.771. The third-order valence-corrected chi connectivity index (χ3v) is 3.82. The van der Waals surface area contributed by atoms with Gasteiger partial charge in [0.15, 0.2) is 0 Å². The summed E-state index contributed by atoms with van der Waals surface area (Å²) in [5.41, 5.74) is 0.909. The Bertz CT molecular complexity index is 692. The van der Waals surface area contributed by atoms with Gasteiger partial charge in [-0.25, -0.2) is 4.39 Å². The standard InChI is InChI=1S/C17H22FN3O2/c1-3-21(4-2)16(22)9-6-10-19-17(23)15-11-12-13(18)7-5-8-14(12)20-15/h5,7-8,11,20H,3-4,6,9-10H2,1-2H3,(H,19,23). The van der Waals surface area contributed by atoms with E-state index in [1.54, 1.807) is 17.0 Å². The number of benzene rings is 1. The molecule has 0 saturated carbocycles. The van der Waals surface area contributed by atoms with Crippen molar-refractivity contribution < 1.29 is 14.0 Å². The molecule has 0 radical (unpaired) electrons. The maximum absolute atomic E-state index is 13.6. The van der Waals surface area contributed by atoms with Crippen molar-refractivity contribution in [2.75, 3.05) is 19.6 Å². The number of amides is 2. The number of nitrogens with one attached hydrogen (secondary N) is 2. The van der Waals surface area contributed by atoms with E-state index in [1.165, 1.54) is 12.1 Å².